The zero-order valence-corrected chi connectivity index (χ0v) is 18.2. The highest BCUT2D eigenvalue weighted by molar-refractivity contribution is 7.92. The third kappa shape index (κ3) is 5.87. The first-order chi connectivity index (χ1) is 13.7. The molecule has 0 aliphatic carbocycles. The van der Waals surface area contributed by atoms with Crippen molar-refractivity contribution in [3.8, 4) is 11.5 Å². The van der Waals surface area contributed by atoms with Gasteiger partial charge < -0.3 is 14.8 Å². The first-order valence-electron chi connectivity index (χ1n) is 9.25. The van der Waals surface area contributed by atoms with E-state index in [1.165, 1.54) is 0 Å². The minimum Gasteiger partial charge on any atom is -0.493 e. The molecule has 1 N–H and O–H groups in total. The summed E-state index contributed by atoms with van der Waals surface area (Å²) in [5.74, 6) is 0.772. The second kappa shape index (κ2) is 9.65. The molecule has 0 radical (unpaired) electrons. The Morgan fingerprint density at radius 1 is 1.10 bits per heavy atom. The summed E-state index contributed by atoms with van der Waals surface area (Å²) < 4.78 is 36.2. The lowest BCUT2D eigenvalue weighted by atomic mass is 10.0. The molecule has 0 unspecified atom stereocenters. The number of methoxy groups -OCH3 is 2. The maximum Gasteiger partial charge on any atom is 0.241 e. The minimum atomic E-state index is -3.62. The van der Waals surface area contributed by atoms with Crippen molar-refractivity contribution in [3.63, 3.8) is 0 Å². The number of hydrogen-bond donors (Lipinski definition) is 1. The molecule has 0 fully saturated rings. The van der Waals surface area contributed by atoms with Crippen molar-refractivity contribution in [1.29, 1.82) is 0 Å². The molecule has 1 atom stereocenters. The van der Waals surface area contributed by atoms with E-state index in [9.17, 15) is 13.2 Å². The van der Waals surface area contributed by atoms with Crippen LogP contribution in [0.1, 0.15) is 30.5 Å². The monoisotopic (exact) mass is 420 g/mol. The molecule has 0 aliphatic rings. The summed E-state index contributed by atoms with van der Waals surface area (Å²) in [4.78, 5) is 12.7. The number of anilines is 1. The molecule has 0 heterocycles. The van der Waals surface area contributed by atoms with Gasteiger partial charge in [-0.2, -0.15) is 0 Å². The lowest BCUT2D eigenvalue weighted by molar-refractivity contribution is -0.120. The maximum atomic E-state index is 12.7. The number of carbonyl (C=O) groups is 1. The van der Waals surface area contributed by atoms with Crippen molar-refractivity contribution in [2.75, 3.05) is 31.3 Å². The lowest BCUT2D eigenvalue weighted by Crippen LogP contribution is -2.41. The molecule has 158 valence electrons. The first-order valence-corrected chi connectivity index (χ1v) is 11.1. The molecule has 8 heteroatoms. The number of ether oxygens (including phenoxy) is 2. The van der Waals surface area contributed by atoms with Gasteiger partial charge in [-0.15, -0.1) is 0 Å². The second-order valence-corrected chi connectivity index (χ2v) is 8.66. The SMILES string of the molecule is CC[C@H](NC(=O)CN(c1cccc(C)c1)S(C)(=O)=O)c1ccc(OC)c(OC)c1. The largest absolute Gasteiger partial charge is 0.493 e. The molecule has 0 aliphatic heterocycles. The van der Waals surface area contributed by atoms with Gasteiger partial charge in [-0.25, -0.2) is 8.42 Å². The van der Waals surface area contributed by atoms with E-state index in [1.54, 1.807) is 38.5 Å². The number of rotatable bonds is 9. The van der Waals surface area contributed by atoms with Gasteiger partial charge in [-0.1, -0.05) is 25.1 Å². The number of hydrogen-bond acceptors (Lipinski definition) is 5. The van der Waals surface area contributed by atoms with Gasteiger partial charge in [-0.05, 0) is 48.7 Å². The van der Waals surface area contributed by atoms with Gasteiger partial charge in [0.05, 0.1) is 32.2 Å². The zero-order valence-electron chi connectivity index (χ0n) is 17.4. The standard InChI is InChI=1S/C21H28N2O5S/c1-6-18(16-10-11-19(27-3)20(13-16)28-4)22-21(24)14-23(29(5,25)26)17-9-7-8-15(2)12-17/h7-13,18H,6,14H2,1-5H3,(H,22,24)/t18-/m0/s1. The number of aryl methyl sites for hydroxylation is 1. The van der Waals surface area contributed by atoms with Crippen molar-refractivity contribution < 1.29 is 22.7 Å². The van der Waals surface area contributed by atoms with Crippen LogP contribution in [0, 0.1) is 6.92 Å². The Hall–Kier alpha value is -2.74. The average molecular weight is 421 g/mol. The highest BCUT2D eigenvalue weighted by Gasteiger charge is 2.23. The summed E-state index contributed by atoms with van der Waals surface area (Å²) in [6.07, 6.45) is 1.72. The van der Waals surface area contributed by atoms with Gasteiger partial charge >= 0.3 is 0 Å². The molecule has 0 spiro atoms. The fraction of sp³-hybridized carbons (Fsp3) is 0.381. The number of nitrogens with one attached hydrogen (secondary N) is 1. The van der Waals surface area contributed by atoms with Gasteiger partial charge in [0.2, 0.25) is 15.9 Å². The Morgan fingerprint density at radius 3 is 2.34 bits per heavy atom. The molecule has 2 rings (SSSR count). The molecule has 0 aromatic heterocycles. The Kier molecular flexibility index (Phi) is 7.50. The molecule has 2 aromatic rings. The molecule has 0 saturated carbocycles. The summed E-state index contributed by atoms with van der Waals surface area (Å²) in [6.45, 7) is 3.51. The molecular weight excluding hydrogens is 392 g/mol. The third-order valence-corrected chi connectivity index (χ3v) is 5.67. The Balaban J connectivity index is 2.22. The number of benzene rings is 2. The van der Waals surface area contributed by atoms with Crippen LogP contribution in [0.3, 0.4) is 0 Å². The summed E-state index contributed by atoms with van der Waals surface area (Å²) in [6, 6.07) is 12.2. The van der Waals surface area contributed by atoms with Crippen LogP contribution in [0.25, 0.3) is 0 Å². The zero-order chi connectivity index (χ0) is 21.6. The Bertz CT molecular complexity index is 959. The van der Waals surface area contributed by atoms with Crippen LogP contribution < -0.4 is 19.1 Å². The summed E-state index contributed by atoms with van der Waals surface area (Å²) >= 11 is 0. The predicted octanol–water partition coefficient (Wildman–Crippen LogP) is 3.05. The summed E-state index contributed by atoms with van der Waals surface area (Å²) in [5.41, 5.74) is 2.22. The molecule has 1 amide bonds. The van der Waals surface area contributed by atoms with Crippen LogP contribution >= 0.6 is 0 Å². The van der Waals surface area contributed by atoms with Crippen molar-refractivity contribution in [2.45, 2.75) is 26.3 Å². The van der Waals surface area contributed by atoms with Crippen LogP contribution in [0.5, 0.6) is 11.5 Å². The van der Waals surface area contributed by atoms with Crippen LogP contribution in [-0.4, -0.2) is 41.3 Å². The summed E-state index contributed by atoms with van der Waals surface area (Å²) in [5, 5.41) is 2.92. The lowest BCUT2D eigenvalue weighted by Gasteiger charge is -2.24. The Morgan fingerprint density at radius 2 is 1.79 bits per heavy atom. The van der Waals surface area contributed by atoms with Crippen molar-refractivity contribution in [1.82, 2.24) is 5.32 Å². The highest BCUT2D eigenvalue weighted by atomic mass is 32.2. The van der Waals surface area contributed by atoms with Crippen LogP contribution in [0.15, 0.2) is 42.5 Å². The number of nitrogens with zero attached hydrogens (tertiary/aromatic N) is 1. The van der Waals surface area contributed by atoms with E-state index in [0.29, 0.717) is 23.6 Å². The van der Waals surface area contributed by atoms with Crippen LogP contribution in [-0.2, 0) is 14.8 Å². The Labute approximate surface area is 172 Å². The van der Waals surface area contributed by atoms with E-state index in [1.807, 2.05) is 32.0 Å². The first kappa shape index (κ1) is 22.5. The molecule has 29 heavy (non-hydrogen) atoms. The smallest absolute Gasteiger partial charge is 0.241 e. The molecule has 0 bridgehead atoms. The van der Waals surface area contributed by atoms with E-state index in [2.05, 4.69) is 5.32 Å². The fourth-order valence-electron chi connectivity index (χ4n) is 3.04. The van der Waals surface area contributed by atoms with E-state index in [0.717, 1.165) is 21.7 Å². The van der Waals surface area contributed by atoms with Crippen molar-refractivity contribution in [2.24, 2.45) is 0 Å². The van der Waals surface area contributed by atoms with E-state index in [4.69, 9.17) is 9.47 Å². The number of sulfonamides is 1. The molecule has 2 aromatic carbocycles. The van der Waals surface area contributed by atoms with Crippen molar-refractivity contribution in [3.05, 3.63) is 53.6 Å². The quantitative estimate of drug-likeness (QED) is 0.674. The number of amides is 1. The van der Waals surface area contributed by atoms with Gasteiger partial charge in [0.15, 0.2) is 11.5 Å². The molecular formula is C21H28N2O5S. The highest BCUT2D eigenvalue weighted by Crippen LogP contribution is 2.31. The van der Waals surface area contributed by atoms with Gasteiger partial charge in [0.1, 0.15) is 6.54 Å². The third-order valence-electron chi connectivity index (χ3n) is 4.53. The molecule has 7 nitrogen and oxygen atoms in total. The van der Waals surface area contributed by atoms with Crippen molar-refractivity contribution >= 4 is 21.6 Å². The van der Waals surface area contributed by atoms with E-state index >= 15 is 0 Å². The fourth-order valence-corrected chi connectivity index (χ4v) is 3.89. The summed E-state index contributed by atoms with van der Waals surface area (Å²) in [7, 11) is -0.515. The molecule has 0 saturated heterocycles. The maximum absolute atomic E-state index is 12.7. The normalized spacial score (nSPS) is 12.2. The topological polar surface area (TPSA) is 84.9 Å². The van der Waals surface area contributed by atoms with E-state index < -0.39 is 15.9 Å². The van der Waals surface area contributed by atoms with Gasteiger partial charge in [-0.3, -0.25) is 9.10 Å². The van der Waals surface area contributed by atoms with E-state index in [-0.39, 0.29) is 12.6 Å². The predicted molar refractivity (Wildman–Crippen MR) is 114 cm³/mol. The average Bonchev–Trinajstić information content (AvgIpc) is 2.68. The van der Waals surface area contributed by atoms with Gasteiger partial charge in [0.25, 0.3) is 0 Å². The number of carbonyl (C=O) groups excluding carboxylic acids is 1. The van der Waals surface area contributed by atoms with Crippen LogP contribution in [0.2, 0.25) is 0 Å². The van der Waals surface area contributed by atoms with Gasteiger partial charge in [0, 0.05) is 0 Å². The van der Waals surface area contributed by atoms with Crippen LogP contribution in [0.4, 0.5) is 5.69 Å². The second-order valence-electron chi connectivity index (χ2n) is 6.75. The minimum absolute atomic E-state index is 0.291.